The van der Waals surface area contributed by atoms with Crippen LogP contribution in [0.3, 0.4) is 0 Å². The lowest BCUT2D eigenvalue weighted by atomic mass is 9.68. The molecule has 7 heteroatoms. The molecule has 3 aromatic carbocycles. The summed E-state index contributed by atoms with van der Waals surface area (Å²) in [6.45, 7) is 0. The second kappa shape index (κ2) is 9.29. The van der Waals surface area contributed by atoms with Crippen molar-refractivity contribution in [2.45, 2.75) is 18.0 Å². The third-order valence-electron chi connectivity index (χ3n) is 7.12. The maximum Gasteiger partial charge on any atom is 0.329 e. The molecule has 0 unspecified atom stereocenters. The number of methoxy groups -OCH3 is 2. The Hall–Kier alpha value is -3.89. The van der Waals surface area contributed by atoms with Crippen molar-refractivity contribution in [1.82, 2.24) is 0 Å². The van der Waals surface area contributed by atoms with E-state index >= 15 is 0 Å². The van der Waals surface area contributed by atoms with Crippen LogP contribution in [0.25, 0.3) is 6.08 Å². The Morgan fingerprint density at radius 3 is 2.42 bits per heavy atom. The minimum Gasteiger partial charge on any atom is -0.496 e. The van der Waals surface area contributed by atoms with Crippen molar-refractivity contribution in [3.05, 3.63) is 100 Å². The number of anilines is 1. The monoisotopic (exact) mass is 542 g/mol. The Labute approximate surface area is 217 Å². The molecular formula is C29H23BrN2O4. The van der Waals surface area contributed by atoms with Crippen molar-refractivity contribution in [1.29, 1.82) is 5.26 Å². The van der Waals surface area contributed by atoms with Gasteiger partial charge in [-0.1, -0.05) is 60.7 Å². The van der Waals surface area contributed by atoms with Gasteiger partial charge in [0.2, 0.25) is 0 Å². The number of nitrogens with zero attached hydrogens (tertiary/aromatic N) is 2. The molecular weight excluding hydrogens is 520 g/mol. The van der Waals surface area contributed by atoms with E-state index in [4.69, 9.17) is 9.47 Å². The van der Waals surface area contributed by atoms with Crippen LogP contribution in [0.5, 0.6) is 5.75 Å². The van der Waals surface area contributed by atoms with Gasteiger partial charge < -0.3 is 14.4 Å². The number of nitriles is 1. The van der Waals surface area contributed by atoms with Gasteiger partial charge in [-0.05, 0) is 51.3 Å². The highest BCUT2D eigenvalue weighted by Crippen LogP contribution is 2.56. The first-order valence-electron chi connectivity index (χ1n) is 11.5. The molecule has 36 heavy (non-hydrogen) atoms. The number of ether oxygens (including phenoxy) is 2. The molecule has 1 saturated heterocycles. The molecule has 2 aliphatic rings. The second-order valence-electron chi connectivity index (χ2n) is 8.79. The molecule has 5 rings (SSSR count). The summed E-state index contributed by atoms with van der Waals surface area (Å²) in [5, 5.41) is 10.7. The van der Waals surface area contributed by atoms with Crippen LogP contribution in [-0.2, 0) is 9.53 Å². The van der Waals surface area contributed by atoms with E-state index in [1.807, 2.05) is 71.6 Å². The average Bonchev–Trinajstić information content (AvgIpc) is 3.24. The van der Waals surface area contributed by atoms with Crippen molar-refractivity contribution >= 4 is 39.4 Å². The van der Waals surface area contributed by atoms with E-state index in [1.54, 1.807) is 25.3 Å². The second-order valence-corrected chi connectivity index (χ2v) is 9.64. The van der Waals surface area contributed by atoms with Crippen molar-refractivity contribution in [3.8, 4) is 11.8 Å². The van der Waals surface area contributed by atoms with Gasteiger partial charge in [0.05, 0.1) is 30.8 Å². The molecule has 180 valence electrons. The quantitative estimate of drug-likeness (QED) is 0.317. The molecule has 4 atom stereocenters. The number of carbonyl (C=O) groups excluding carboxylic acids is 2. The highest BCUT2D eigenvalue weighted by atomic mass is 79.9. The molecule has 0 N–H and O–H groups in total. The summed E-state index contributed by atoms with van der Waals surface area (Å²) in [5.41, 5.74) is 1.21. The lowest BCUT2D eigenvalue weighted by Gasteiger charge is -2.36. The Morgan fingerprint density at radius 2 is 1.75 bits per heavy atom. The van der Waals surface area contributed by atoms with Crippen LogP contribution in [0.2, 0.25) is 0 Å². The highest BCUT2D eigenvalue weighted by Gasteiger charge is 2.67. The van der Waals surface area contributed by atoms with E-state index in [9.17, 15) is 14.9 Å². The molecule has 2 heterocycles. The number of Topliss-reactive ketones (excluding diaryl/α,β-unsaturated/α-hetero) is 1. The van der Waals surface area contributed by atoms with Crippen molar-refractivity contribution in [3.63, 3.8) is 0 Å². The fourth-order valence-corrected chi connectivity index (χ4v) is 6.10. The smallest absolute Gasteiger partial charge is 0.329 e. The van der Waals surface area contributed by atoms with Crippen LogP contribution in [0.15, 0.2) is 83.3 Å². The number of esters is 1. The first kappa shape index (κ1) is 23.8. The van der Waals surface area contributed by atoms with Gasteiger partial charge >= 0.3 is 5.97 Å². The van der Waals surface area contributed by atoms with Crippen LogP contribution in [0, 0.1) is 16.7 Å². The van der Waals surface area contributed by atoms with E-state index in [1.165, 1.54) is 7.11 Å². The lowest BCUT2D eigenvalue weighted by molar-refractivity contribution is -0.150. The first-order valence-corrected chi connectivity index (χ1v) is 12.2. The van der Waals surface area contributed by atoms with Crippen LogP contribution in [0.1, 0.15) is 27.4 Å². The van der Waals surface area contributed by atoms with E-state index in [-0.39, 0.29) is 5.78 Å². The molecule has 0 saturated carbocycles. The maximum atomic E-state index is 14.4. The Kier molecular flexibility index (Phi) is 6.15. The number of benzene rings is 3. The first-order chi connectivity index (χ1) is 17.5. The normalized spacial score (nSPS) is 23.8. The zero-order valence-corrected chi connectivity index (χ0v) is 21.3. The maximum absolute atomic E-state index is 14.4. The summed E-state index contributed by atoms with van der Waals surface area (Å²) in [6, 6.07) is 22.9. The zero-order valence-electron chi connectivity index (χ0n) is 19.7. The van der Waals surface area contributed by atoms with Gasteiger partial charge in [0, 0.05) is 17.2 Å². The molecule has 1 fully saturated rings. The predicted molar refractivity (Wildman–Crippen MR) is 140 cm³/mol. The summed E-state index contributed by atoms with van der Waals surface area (Å²) >= 11 is 3.48. The number of hydrogen-bond donors (Lipinski definition) is 0. The highest BCUT2D eigenvalue weighted by molar-refractivity contribution is 9.10. The summed E-state index contributed by atoms with van der Waals surface area (Å²) in [5.74, 6) is -1.06. The number of rotatable bonds is 5. The van der Waals surface area contributed by atoms with E-state index in [2.05, 4.69) is 22.0 Å². The average molecular weight is 543 g/mol. The Bertz CT molecular complexity index is 1410. The zero-order chi connectivity index (χ0) is 25.4. The topological polar surface area (TPSA) is 79.6 Å². The van der Waals surface area contributed by atoms with Crippen molar-refractivity contribution in [2.75, 3.05) is 19.1 Å². The number of ketones is 1. The van der Waals surface area contributed by atoms with Crippen LogP contribution >= 0.6 is 15.9 Å². The largest absolute Gasteiger partial charge is 0.496 e. The number of carbonyl (C=O) groups is 2. The molecule has 0 bridgehead atoms. The molecule has 0 amide bonds. The number of hydrogen-bond acceptors (Lipinski definition) is 6. The standard InChI is InChI=1S/C29H23BrN2O4/c1-35-23-14-12-20(16-21(23)30)27(33)26-25(19-9-4-3-5-10-19)29(17-31,28(34)36-2)24-15-13-18-8-6-7-11-22(18)32(24)26/h3-16,24-26H,1-2H3/t24-,25-,26+,29+/m1/s1. The van der Waals surface area contributed by atoms with E-state index in [0.717, 1.165) is 16.8 Å². The predicted octanol–water partition coefficient (Wildman–Crippen LogP) is 5.39. The van der Waals surface area contributed by atoms with Gasteiger partial charge in [-0.15, -0.1) is 0 Å². The molecule has 2 aliphatic heterocycles. The third-order valence-corrected chi connectivity index (χ3v) is 7.74. The summed E-state index contributed by atoms with van der Waals surface area (Å²) in [7, 11) is 2.84. The minimum atomic E-state index is -1.65. The van der Waals surface area contributed by atoms with Gasteiger partial charge in [-0.2, -0.15) is 5.26 Å². The van der Waals surface area contributed by atoms with Gasteiger partial charge in [0.1, 0.15) is 11.8 Å². The van der Waals surface area contributed by atoms with Crippen LogP contribution < -0.4 is 9.64 Å². The minimum absolute atomic E-state index is 0.205. The molecule has 0 aromatic heterocycles. The van der Waals surface area contributed by atoms with Gasteiger partial charge in [-0.25, -0.2) is 0 Å². The number of fused-ring (bicyclic) bond motifs is 3. The fourth-order valence-electron chi connectivity index (χ4n) is 5.56. The third kappa shape index (κ3) is 3.44. The van der Waals surface area contributed by atoms with Crippen molar-refractivity contribution in [2.24, 2.45) is 5.41 Å². The van der Waals surface area contributed by atoms with Gasteiger partial charge in [0.25, 0.3) is 0 Å². The van der Waals surface area contributed by atoms with Crippen LogP contribution in [-0.4, -0.2) is 38.1 Å². The number of halogens is 1. The SMILES string of the molecule is COC(=O)[C@]1(C#N)[C@H](c2ccccc2)[C@@H](C(=O)c2ccc(OC)c(Br)c2)N2c3ccccc3C=C[C@@H]21. The van der Waals surface area contributed by atoms with Crippen molar-refractivity contribution < 1.29 is 19.1 Å². The lowest BCUT2D eigenvalue weighted by Crippen LogP contribution is -2.46. The van der Waals surface area contributed by atoms with Gasteiger partial charge in [-0.3, -0.25) is 9.59 Å². The molecule has 0 radical (unpaired) electrons. The summed E-state index contributed by atoms with van der Waals surface area (Å²) in [6.07, 6.45) is 3.75. The number of para-hydroxylation sites is 1. The molecule has 0 aliphatic carbocycles. The Morgan fingerprint density at radius 1 is 1.03 bits per heavy atom. The van der Waals surface area contributed by atoms with Gasteiger partial charge in [0.15, 0.2) is 11.2 Å². The fraction of sp³-hybridized carbons (Fsp3) is 0.207. The van der Waals surface area contributed by atoms with E-state index in [0.29, 0.717) is 15.8 Å². The molecule has 3 aromatic rings. The summed E-state index contributed by atoms with van der Waals surface area (Å²) < 4.78 is 11.2. The molecule has 6 nitrogen and oxygen atoms in total. The Balaban J connectivity index is 1.79. The molecule has 0 spiro atoms. The van der Waals surface area contributed by atoms with Crippen LogP contribution in [0.4, 0.5) is 5.69 Å². The summed E-state index contributed by atoms with van der Waals surface area (Å²) in [4.78, 5) is 29.8. The van der Waals surface area contributed by atoms with E-state index < -0.39 is 29.4 Å².